The molecule has 1 aromatic carbocycles. The highest BCUT2D eigenvalue weighted by molar-refractivity contribution is 5.96. The Bertz CT molecular complexity index is 421. The number of phenolic OH excluding ortho intramolecular Hbond substituents is 1. The van der Waals surface area contributed by atoms with Gasteiger partial charge in [0, 0.05) is 12.6 Å². The second kappa shape index (κ2) is 6.35. The molecular formula is C13H18FNO3. The first-order valence-electron chi connectivity index (χ1n) is 5.85. The quantitative estimate of drug-likeness (QED) is 0.749. The molecule has 3 N–H and O–H groups in total. The van der Waals surface area contributed by atoms with E-state index in [2.05, 4.69) is 5.32 Å². The van der Waals surface area contributed by atoms with Crippen LogP contribution in [0.5, 0.6) is 5.75 Å². The first kappa shape index (κ1) is 14.4. The van der Waals surface area contributed by atoms with Gasteiger partial charge in [-0.05, 0) is 24.5 Å². The van der Waals surface area contributed by atoms with Crippen molar-refractivity contribution in [2.24, 2.45) is 5.92 Å². The van der Waals surface area contributed by atoms with Crippen LogP contribution in [0.4, 0.5) is 4.39 Å². The Balaban J connectivity index is 2.55. The van der Waals surface area contributed by atoms with Crippen molar-refractivity contribution in [1.82, 2.24) is 5.32 Å². The predicted molar refractivity (Wildman–Crippen MR) is 65.9 cm³/mol. The molecule has 0 saturated heterocycles. The van der Waals surface area contributed by atoms with Gasteiger partial charge in [-0.25, -0.2) is 4.39 Å². The number of carbonyl (C=O) groups is 1. The van der Waals surface area contributed by atoms with Crippen molar-refractivity contribution in [3.05, 3.63) is 29.6 Å². The molecule has 0 bridgehead atoms. The predicted octanol–water partition coefficient (Wildman–Crippen LogP) is 1.67. The highest BCUT2D eigenvalue weighted by Crippen LogP contribution is 2.17. The molecule has 0 aliphatic heterocycles. The van der Waals surface area contributed by atoms with Crippen LogP contribution in [-0.2, 0) is 0 Å². The van der Waals surface area contributed by atoms with E-state index in [0.29, 0.717) is 12.3 Å². The summed E-state index contributed by atoms with van der Waals surface area (Å²) in [6, 6.07) is 3.17. The Morgan fingerprint density at radius 1 is 1.44 bits per heavy atom. The van der Waals surface area contributed by atoms with E-state index in [1.807, 2.05) is 13.8 Å². The third kappa shape index (κ3) is 4.33. The fourth-order valence-corrected chi connectivity index (χ4v) is 1.63. The number of hydrogen-bond acceptors (Lipinski definition) is 3. The van der Waals surface area contributed by atoms with Crippen LogP contribution in [-0.4, -0.2) is 28.8 Å². The highest BCUT2D eigenvalue weighted by Gasteiger charge is 2.13. The van der Waals surface area contributed by atoms with E-state index in [1.54, 1.807) is 0 Å². The number of aromatic hydroxyl groups is 1. The van der Waals surface area contributed by atoms with Gasteiger partial charge in [0.15, 0.2) is 0 Å². The average molecular weight is 255 g/mol. The van der Waals surface area contributed by atoms with Gasteiger partial charge in [-0.15, -0.1) is 0 Å². The second-order valence-corrected chi connectivity index (χ2v) is 4.65. The van der Waals surface area contributed by atoms with Crippen LogP contribution in [0, 0.1) is 11.7 Å². The number of amides is 1. The number of phenols is 1. The van der Waals surface area contributed by atoms with Crippen LogP contribution in [0.1, 0.15) is 30.6 Å². The fraction of sp³-hybridized carbons (Fsp3) is 0.462. The Labute approximate surface area is 105 Å². The summed E-state index contributed by atoms with van der Waals surface area (Å²) in [6.45, 7) is 4.04. The molecule has 4 nitrogen and oxygen atoms in total. The largest absolute Gasteiger partial charge is 0.507 e. The van der Waals surface area contributed by atoms with E-state index in [0.717, 1.165) is 12.1 Å². The molecule has 18 heavy (non-hydrogen) atoms. The van der Waals surface area contributed by atoms with E-state index in [1.165, 1.54) is 6.07 Å². The van der Waals surface area contributed by atoms with E-state index in [4.69, 9.17) is 0 Å². The van der Waals surface area contributed by atoms with Gasteiger partial charge in [-0.1, -0.05) is 13.8 Å². The molecule has 0 heterocycles. The van der Waals surface area contributed by atoms with E-state index < -0.39 is 23.6 Å². The van der Waals surface area contributed by atoms with Crippen molar-refractivity contribution in [2.75, 3.05) is 6.54 Å². The van der Waals surface area contributed by atoms with Crippen molar-refractivity contribution in [3.63, 3.8) is 0 Å². The van der Waals surface area contributed by atoms with Crippen molar-refractivity contribution in [2.45, 2.75) is 26.4 Å². The SMILES string of the molecule is CC(C)CC(O)CNC(=O)c1ccc(F)cc1O. The van der Waals surface area contributed by atoms with E-state index >= 15 is 0 Å². The topological polar surface area (TPSA) is 69.6 Å². The molecule has 0 fully saturated rings. The van der Waals surface area contributed by atoms with Crippen LogP contribution in [0.25, 0.3) is 0 Å². The first-order chi connectivity index (χ1) is 8.40. The summed E-state index contributed by atoms with van der Waals surface area (Å²) < 4.78 is 12.7. The zero-order valence-electron chi connectivity index (χ0n) is 10.5. The van der Waals surface area contributed by atoms with Crippen molar-refractivity contribution in [1.29, 1.82) is 0 Å². The Morgan fingerprint density at radius 3 is 2.67 bits per heavy atom. The van der Waals surface area contributed by atoms with E-state index in [9.17, 15) is 19.4 Å². The van der Waals surface area contributed by atoms with Gasteiger partial charge in [-0.3, -0.25) is 4.79 Å². The maximum Gasteiger partial charge on any atom is 0.255 e. The van der Waals surface area contributed by atoms with Gasteiger partial charge in [0.2, 0.25) is 0 Å². The molecule has 100 valence electrons. The molecule has 1 aromatic rings. The molecule has 0 saturated carbocycles. The Morgan fingerprint density at radius 2 is 2.11 bits per heavy atom. The van der Waals surface area contributed by atoms with Crippen molar-refractivity contribution < 1.29 is 19.4 Å². The zero-order valence-corrected chi connectivity index (χ0v) is 10.5. The molecule has 5 heteroatoms. The number of hydrogen-bond donors (Lipinski definition) is 3. The number of halogens is 1. The molecule has 1 unspecified atom stereocenters. The van der Waals surface area contributed by atoms with Crippen LogP contribution in [0.2, 0.25) is 0 Å². The Hall–Kier alpha value is -1.62. The van der Waals surface area contributed by atoms with Crippen LogP contribution < -0.4 is 5.32 Å². The smallest absolute Gasteiger partial charge is 0.255 e. The molecule has 0 aliphatic carbocycles. The lowest BCUT2D eigenvalue weighted by atomic mass is 10.1. The number of nitrogens with one attached hydrogen (secondary N) is 1. The molecule has 0 aliphatic rings. The number of rotatable bonds is 5. The molecule has 1 atom stereocenters. The molecule has 1 rings (SSSR count). The maximum atomic E-state index is 12.7. The molecule has 0 spiro atoms. The molecule has 1 amide bonds. The van der Waals surface area contributed by atoms with Crippen molar-refractivity contribution in [3.8, 4) is 5.75 Å². The number of aliphatic hydroxyl groups is 1. The van der Waals surface area contributed by atoms with Crippen LogP contribution in [0.15, 0.2) is 18.2 Å². The minimum Gasteiger partial charge on any atom is -0.507 e. The zero-order chi connectivity index (χ0) is 13.7. The van der Waals surface area contributed by atoms with Gasteiger partial charge in [-0.2, -0.15) is 0 Å². The minimum absolute atomic E-state index is 0.00635. The second-order valence-electron chi connectivity index (χ2n) is 4.65. The van der Waals surface area contributed by atoms with Crippen LogP contribution in [0.3, 0.4) is 0 Å². The standard InChI is InChI=1S/C13H18FNO3/c1-8(2)5-10(16)7-15-13(18)11-4-3-9(14)6-12(11)17/h3-4,6,8,10,16-17H,5,7H2,1-2H3,(H,15,18). The van der Waals surface area contributed by atoms with Crippen molar-refractivity contribution >= 4 is 5.91 Å². The van der Waals surface area contributed by atoms with Gasteiger partial charge in [0.25, 0.3) is 5.91 Å². The van der Waals surface area contributed by atoms with Gasteiger partial charge in [0.05, 0.1) is 11.7 Å². The number of aliphatic hydroxyl groups excluding tert-OH is 1. The first-order valence-corrected chi connectivity index (χ1v) is 5.85. The molecule has 0 radical (unpaired) electrons. The van der Waals surface area contributed by atoms with Gasteiger partial charge in [0.1, 0.15) is 11.6 Å². The van der Waals surface area contributed by atoms with Gasteiger partial charge < -0.3 is 15.5 Å². The van der Waals surface area contributed by atoms with E-state index in [-0.39, 0.29) is 12.1 Å². The minimum atomic E-state index is -0.628. The number of benzene rings is 1. The average Bonchev–Trinajstić information content (AvgIpc) is 2.25. The third-order valence-electron chi connectivity index (χ3n) is 2.45. The summed E-state index contributed by atoms with van der Waals surface area (Å²) in [6.07, 6.45) is -0.0492. The summed E-state index contributed by atoms with van der Waals surface area (Å²) in [7, 11) is 0. The highest BCUT2D eigenvalue weighted by atomic mass is 19.1. The monoisotopic (exact) mass is 255 g/mol. The summed E-state index contributed by atoms with van der Waals surface area (Å²) >= 11 is 0. The summed E-state index contributed by atoms with van der Waals surface area (Å²) in [5, 5.41) is 21.5. The lowest BCUT2D eigenvalue weighted by molar-refractivity contribution is 0.0897. The number of carbonyl (C=O) groups excluding carboxylic acids is 1. The van der Waals surface area contributed by atoms with Gasteiger partial charge >= 0.3 is 0 Å². The lowest BCUT2D eigenvalue weighted by Gasteiger charge is -2.14. The maximum absolute atomic E-state index is 12.7. The fourth-order valence-electron chi connectivity index (χ4n) is 1.63. The molecule has 0 aromatic heterocycles. The Kier molecular flexibility index (Phi) is 5.09. The molecular weight excluding hydrogens is 237 g/mol. The summed E-state index contributed by atoms with van der Waals surface area (Å²) in [4.78, 5) is 11.7. The third-order valence-corrected chi connectivity index (χ3v) is 2.45. The summed E-state index contributed by atoms with van der Waals surface area (Å²) in [5.74, 6) is -1.22. The normalized spacial score (nSPS) is 12.5. The summed E-state index contributed by atoms with van der Waals surface area (Å²) in [5.41, 5.74) is -0.00635. The lowest BCUT2D eigenvalue weighted by Crippen LogP contribution is -2.32. The van der Waals surface area contributed by atoms with Crippen LogP contribution >= 0.6 is 0 Å².